The van der Waals surface area contributed by atoms with E-state index in [4.69, 9.17) is 4.43 Å². The van der Waals surface area contributed by atoms with Gasteiger partial charge in [-0.25, -0.2) is 0 Å². The topological polar surface area (TPSA) is 29.5 Å². The van der Waals surface area contributed by atoms with E-state index in [0.29, 0.717) is 0 Å². The molecule has 232 valence electrons. The van der Waals surface area contributed by atoms with Crippen LogP contribution in [0, 0.1) is 0 Å². The Hall–Kier alpha value is -2.59. The molecule has 3 unspecified atom stereocenters. The third kappa shape index (κ3) is 3.96. The second-order valence-electron chi connectivity index (χ2n) is 16.6. The zero-order chi connectivity index (χ0) is 32.2. The Morgan fingerprint density at radius 2 is 0.956 bits per heavy atom. The van der Waals surface area contributed by atoms with Crippen LogP contribution in [0.4, 0.5) is 0 Å². The van der Waals surface area contributed by atoms with Crippen LogP contribution in [0.1, 0.15) is 56.0 Å². The summed E-state index contributed by atoms with van der Waals surface area (Å²) in [6, 6.07) is 35.7. The predicted molar refractivity (Wildman–Crippen MR) is 201 cm³/mol. The molecular formula is C39H48O2Si4. The van der Waals surface area contributed by atoms with Gasteiger partial charge in [-0.3, -0.25) is 0 Å². The molecule has 0 saturated carbocycles. The molecule has 6 heteroatoms. The Labute approximate surface area is 274 Å². The number of hydrogen-bond acceptors (Lipinski definition) is 2. The van der Waals surface area contributed by atoms with E-state index in [2.05, 4.69) is 168 Å². The molecular weight excluding hydrogens is 613 g/mol. The molecule has 0 amide bonds. The van der Waals surface area contributed by atoms with Crippen molar-refractivity contribution in [3.8, 4) is 0 Å². The second kappa shape index (κ2) is 9.96. The molecule has 4 aromatic rings. The molecule has 1 N–H and O–H groups in total. The quantitative estimate of drug-likeness (QED) is 0.216. The van der Waals surface area contributed by atoms with Crippen molar-refractivity contribution >= 4 is 42.8 Å². The van der Waals surface area contributed by atoms with E-state index in [1.807, 2.05) is 0 Å². The highest BCUT2D eigenvalue weighted by Gasteiger charge is 2.80. The first-order valence-corrected chi connectivity index (χ1v) is 31.1. The standard InChI is InChI=1S/C39H48O2Si4/c1-42(2,3)41-39-34-24-16-12-20-30(34)36(37(31-21-13-17-25-35(31)39)45(39,43(4,5)6)44(7,8)9)38(40)32-22-14-10-18-28(32)26-27-29-19-11-15-23-33(29)38/h10-27,36-37,40H,1-9H3. The maximum Gasteiger partial charge on any atom is 0.184 e. The Morgan fingerprint density at radius 1 is 0.556 bits per heavy atom. The van der Waals surface area contributed by atoms with E-state index in [1.54, 1.807) is 0 Å². The largest absolute Gasteiger partial charge is 0.408 e. The fourth-order valence-corrected chi connectivity index (χ4v) is 66.4. The van der Waals surface area contributed by atoms with E-state index in [1.165, 1.54) is 22.3 Å². The first-order chi connectivity index (χ1) is 21.1. The van der Waals surface area contributed by atoms with E-state index < -0.39 is 41.4 Å². The third-order valence-electron chi connectivity index (χ3n) is 11.2. The Balaban J connectivity index is 1.74. The van der Waals surface area contributed by atoms with Crippen molar-refractivity contribution in [1.29, 1.82) is 0 Å². The zero-order valence-corrected chi connectivity index (χ0v) is 32.4. The normalized spacial score (nSPS) is 24.2. The average molecular weight is 661 g/mol. The summed E-state index contributed by atoms with van der Waals surface area (Å²) in [6.07, 6.45) is 4.42. The second-order valence-corrected chi connectivity index (χ2v) is 48.2. The van der Waals surface area contributed by atoms with E-state index in [-0.39, 0.29) is 11.5 Å². The molecule has 0 spiro atoms. The first kappa shape index (κ1) is 31.0. The van der Waals surface area contributed by atoms with Crippen LogP contribution in [0.15, 0.2) is 97.1 Å². The SMILES string of the molecule is C[Si](C)(C)OC12c3ccccc3C(C3(O)c4ccccc4C=Cc4ccccc43)C(c3ccccc31)[Si]2([Si](C)(C)C)[Si](C)(C)C. The van der Waals surface area contributed by atoms with Gasteiger partial charge in [-0.2, -0.15) is 0 Å². The fourth-order valence-electron chi connectivity index (χ4n) is 10.7. The minimum Gasteiger partial charge on any atom is -0.408 e. The number of aliphatic hydroxyl groups is 1. The third-order valence-corrected chi connectivity index (χ3v) is 52.0. The maximum atomic E-state index is 14.1. The monoisotopic (exact) mass is 660 g/mol. The highest BCUT2D eigenvalue weighted by molar-refractivity contribution is 7.70. The van der Waals surface area contributed by atoms with Crippen molar-refractivity contribution in [3.05, 3.63) is 142 Å². The van der Waals surface area contributed by atoms with Crippen LogP contribution in [-0.4, -0.2) is 35.7 Å². The number of hydrogen-bond donors (Lipinski definition) is 1. The van der Waals surface area contributed by atoms with Gasteiger partial charge in [0, 0.05) is 21.1 Å². The summed E-state index contributed by atoms with van der Waals surface area (Å²) in [5.74, 6) is -0.150. The minimum absolute atomic E-state index is 0.150. The highest BCUT2D eigenvalue weighted by atomic mass is 29.6. The molecule has 3 aliphatic rings. The summed E-state index contributed by atoms with van der Waals surface area (Å²) in [4.78, 5) is 0. The molecule has 1 heterocycles. The molecule has 2 bridgehead atoms. The molecule has 0 fully saturated rings. The molecule has 0 radical (unpaired) electrons. The van der Waals surface area contributed by atoms with Crippen LogP contribution in [0.5, 0.6) is 0 Å². The van der Waals surface area contributed by atoms with Crippen molar-refractivity contribution < 1.29 is 9.53 Å². The predicted octanol–water partition coefficient (Wildman–Crippen LogP) is 9.76. The van der Waals surface area contributed by atoms with Crippen molar-refractivity contribution in [1.82, 2.24) is 0 Å². The summed E-state index contributed by atoms with van der Waals surface area (Å²) in [5.41, 5.74) is 8.66. The van der Waals surface area contributed by atoms with Crippen LogP contribution in [0.3, 0.4) is 0 Å². The lowest BCUT2D eigenvalue weighted by Gasteiger charge is -2.66. The summed E-state index contributed by atoms with van der Waals surface area (Å²) >= 11 is 0. The van der Waals surface area contributed by atoms with Crippen LogP contribution in [-0.2, 0) is 15.3 Å². The fraction of sp³-hybridized carbons (Fsp3) is 0.333. The van der Waals surface area contributed by atoms with Crippen LogP contribution in [0.2, 0.25) is 58.9 Å². The van der Waals surface area contributed by atoms with Crippen molar-refractivity contribution in [2.45, 2.75) is 81.2 Å². The molecule has 1 aliphatic heterocycles. The molecule has 0 saturated heterocycles. The lowest BCUT2D eigenvalue weighted by Crippen LogP contribution is -2.85. The minimum atomic E-state index is -2.54. The van der Waals surface area contributed by atoms with Gasteiger partial charge in [0.1, 0.15) is 5.60 Å². The van der Waals surface area contributed by atoms with E-state index in [0.717, 1.165) is 22.3 Å². The summed E-state index contributed by atoms with van der Waals surface area (Å²) in [5, 5.41) is 13.7. The van der Waals surface area contributed by atoms with Crippen LogP contribution >= 0.6 is 0 Å². The molecule has 3 atom stereocenters. The van der Waals surface area contributed by atoms with Crippen LogP contribution < -0.4 is 0 Å². The Morgan fingerprint density at radius 3 is 1.42 bits per heavy atom. The maximum absolute atomic E-state index is 14.1. The van der Waals surface area contributed by atoms with Gasteiger partial charge in [-0.1, -0.05) is 148 Å². The number of rotatable bonds is 5. The van der Waals surface area contributed by atoms with Gasteiger partial charge >= 0.3 is 0 Å². The lowest BCUT2D eigenvalue weighted by molar-refractivity contribution is 0.0429. The van der Waals surface area contributed by atoms with Gasteiger partial charge in [-0.05, 0) is 69.7 Å². The average Bonchev–Trinajstić information content (AvgIpc) is 3.08. The highest BCUT2D eigenvalue weighted by Crippen LogP contribution is 2.72. The van der Waals surface area contributed by atoms with Gasteiger partial charge in [0.25, 0.3) is 0 Å². The van der Waals surface area contributed by atoms with Crippen LogP contribution in [0.25, 0.3) is 12.2 Å². The first-order valence-electron chi connectivity index (χ1n) is 16.6. The lowest BCUT2D eigenvalue weighted by atomic mass is 9.68. The van der Waals surface area contributed by atoms with Crippen molar-refractivity contribution in [2.24, 2.45) is 0 Å². The van der Waals surface area contributed by atoms with Gasteiger partial charge in [0.2, 0.25) is 0 Å². The van der Waals surface area contributed by atoms with Gasteiger partial charge in [0.05, 0.1) is 12.3 Å². The Bertz CT molecular complexity index is 1780. The van der Waals surface area contributed by atoms with Gasteiger partial charge in [-0.15, -0.1) is 0 Å². The van der Waals surface area contributed by atoms with Gasteiger partial charge < -0.3 is 9.53 Å². The molecule has 7 rings (SSSR count). The van der Waals surface area contributed by atoms with E-state index >= 15 is 0 Å². The smallest absolute Gasteiger partial charge is 0.184 e. The molecule has 2 aliphatic carbocycles. The molecule has 0 aromatic heterocycles. The summed E-state index contributed by atoms with van der Waals surface area (Å²) < 4.78 is 7.99. The number of fused-ring (bicyclic) bond motifs is 4. The Kier molecular flexibility index (Phi) is 6.86. The summed E-state index contributed by atoms with van der Waals surface area (Å²) in [7, 11) is -8.65. The summed E-state index contributed by atoms with van der Waals surface area (Å²) in [6.45, 7) is 23.1. The zero-order valence-electron chi connectivity index (χ0n) is 28.4. The number of benzene rings is 4. The van der Waals surface area contributed by atoms with E-state index in [9.17, 15) is 5.11 Å². The van der Waals surface area contributed by atoms with Crippen molar-refractivity contribution in [2.75, 3.05) is 0 Å². The molecule has 2 nitrogen and oxygen atoms in total. The molecule has 4 aromatic carbocycles. The van der Waals surface area contributed by atoms with Gasteiger partial charge in [0.15, 0.2) is 8.32 Å². The molecule has 45 heavy (non-hydrogen) atoms. The van der Waals surface area contributed by atoms with Crippen molar-refractivity contribution in [3.63, 3.8) is 0 Å².